The number of carboxylic acid groups (broad SMARTS) is 1. The SMILES string of the molecule is CC(C(=O)NC(C(=O)N1CCC2C1C(C(=O)Nc1ccccc1)CN2C(=O)O)C1CCCCC1)N(C)C(=O)OC(C)(C)C. The smallest absolute Gasteiger partial charge is 0.410 e. The number of carbonyl (C=O) groups is 5. The fourth-order valence-corrected chi connectivity index (χ4v) is 6.52. The highest BCUT2D eigenvalue weighted by molar-refractivity contribution is 5.96. The lowest BCUT2D eigenvalue weighted by Crippen LogP contribution is -2.58. The van der Waals surface area contributed by atoms with Crippen molar-refractivity contribution < 1.29 is 33.8 Å². The molecule has 0 bridgehead atoms. The number of likely N-dealkylation sites (tertiary alicyclic amines) is 2. The Morgan fingerprint density at radius 1 is 1.00 bits per heavy atom. The van der Waals surface area contributed by atoms with E-state index in [4.69, 9.17) is 4.74 Å². The van der Waals surface area contributed by atoms with Gasteiger partial charge in [-0.05, 0) is 65.0 Å². The number of likely N-dealkylation sites (N-methyl/N-ethyl adjacent to an activating group) is 1. The number of para-hydroxylation sites is 1. The molecule has 0 radical (unpaired) electrons. The van der Waals surface area contributed by atoms with Crippen LogP contribution in [-0.4, -0.2) is 99.6 Å². The van der Waals surface area contributed by atoms with Gasteiger partial charge in [0.25, 0.3) is 0 Å². The average molecular weight is 600 g/mol. The number of nitrogens with one attached hydrogen (secondary N) is 2. The van der Waals surface area contributed by atoms with Gasteiger partial charge in [-0.25, -0.2) is 9.59 Å². The molecule has 12 nitrogen and oxygen atoms in total. The van der Waals surface area contributed by atoms with Crippen LogP contribution in [0.4, 0.5) is 15.3 Å². The van der Waals surface area contributed by atoms with Crippen LogP contribution in [0.5, 0.6) is 0 Å². The van der Waals surface area contributed by atoms with E-state index in [0.29, 0.717) is 12.1 Å². The molecule has 3 fully saturated rings. The van der Waals surface area contributed by atoms with E-state index in [0.717, 1.165) is 32.1 Å². The van der Waals surface area contributed by atoms with Crippen molar-refractivity contribution in [2.75, 3.05) is 25.5 Å². The summed E-state index contributed by atoms with van der Waals surface area (Å²) >= 11 is 0. The molecule has 12 heteroatoms. The van der Waals surface area contributed by atoms with E-state index in [-0.39, 0.29) is 30.8 Å². The topological polar surface area (TPSA) is 149 Å². The van der Waals surface area contributed by atoms with E-state index in [1.165, 1.54) is 16.8 Å². The summed E-state index contributed by atoms with van der Waals surface area (Å²) in [5.41, 5.74) is -0.146. The molecule has 2 heterocycles. The molecule has 0 aromatic heterocycles. The van der Waals surface area contributed by atoms with E-state index < -0.39 is 53.8 Å². The van der Waals surface area contributed by atoms with Crippen molar-refractivity contribution in [2.45, 2.75) is 96.0 Å². The summed E-state index contributed by atoms with van der Waals surface area (Å²) in [6, 6.07) is 5.97. The largest absolute Gasteiger partial charge is 0.465 e. The van der Waals surface area contributed by atoms with Crippen LogP contribution in [0.3, 0.4) is 0 Å². The predicted molar refractivity (Wildman–Crippen MR) is 159 cm³/mol. The Morgan fingerprint density at radius 3 is 2.26 bits per heavy atom. The number of hydrogen-bond donors (Lipinski definition) is 3. The van der Waals surface area contributed by atoms with Crippen LogP contribution in [-0.2, 0) is 19.1 Å². The molecule has 236 valence electrons. The highest BCUT2D eigenvalue weighted by Gasteiger charge is 2.55. The molecule has 3 N–H and O–H groups in total. The molecule has 2 saturated heterocycles. The Kier molecular flexibility index (Phi) is 9.86. The van der Waals surface area contributed by atoms with Crippen molar-refractivity contribution in [1.82, 2.24) is 20.0 Å². The number of benzene rings is 1. The quantitative estimate of drug-likeness (QED) is 0.434. The van der Waals surface area contributed by atoms with Gasteiger partial charge in [-0.15, -0.1) is 0 Å². The van der Waals surface area contributed by atoms with Crippen LogP contribution in [0.2, 0.25) is 0 Å². The van der Waals surface area contributed by atoms with Gasteiger partial charge in [0.15, 0.2) is 0 Å². The van der Waals surface area contributed by atoms with Gasteiger partial charge in [0.2, 0.25) is 17.7 Å². The normalized spacial score (nSPS) is 23.6. The highest BCUT2D eigenvalue weighted by atomic mass is 16.6. The van der Waals surface area contributed by atoms with Crippen LogP contribution in [0, 0.1) is 11.8 Å². The lowest BCUT2D eigenvalue weighted by Gasteiger charge is -2.37. The summed E-state index contributed by atoms with van der Waals surface area (Å²) < 4.78 is 5.42. The van der Waals surface area contributed by atoms with Crippen molar-refractivity contribution >= 4 is 35.6 Å². The number of rotatable bonds is 7. The highest BCUT2D eigenvalue weighted by Crippen LogP contribution is 2.38. The van der Waals surface area contributed by atoms with Gasteiger partial charge in [0.05, 0.1) is 18.0 Å². The molecule has 5 unspecified atom stereocenters. The minimum atomic E-state index is -1.13. The zero-order valence-corrected chi connectivity index (χ0v) is 25.7. The maximum atomic E-state index is 14.3. The summed E-state index contributed by atoms with van der Waals surface area (Å²) in [4.78, 5) is 70.2. The number of carbonyl (C=O) groups excluding carboxylic acids is 4. The zero-order chi connectivity index (χ0) is 31.5. The fraction of sp³-hybridized carbons (Fsp3) is 0.645. The van der Waals surface area contributed by atoms with Crippen molar-refractivity contribution in [3.8, 4) is 0 Å². The monoisotopic (exact) mass is 599 g/mol. The van der Waals surface area contributed by atoms with Crippen molar-refractivity contribution in [2.24, 2.45) is 11.8 Å². The van der Waals surface area contributed by atoms with E-state index in [2.05, 4.69) is 10.6 Å². The third-order valence-electron chi connectivity index (χ3n) is 8.86. The molecule has 1 aliphatic carbocycles. The average Bonchev–Trinajstić information content (AvgIpc) is 3.56. The van der Waals surface area contributed by atoms with E-state index >= 15 is 0 Å². The first-order valence-electron chi connectivity index (χ1n) is 15.2. The Hall–Kier alpha value is -3.83. The maximum Gasteiger partial charge on any atom is 0.410 e. The van der Waals surface area contributed by atoms with Crippen LogP contribution < -0.4 is 10.6 Å². The van der Waals surface area contributed by atoms with Gasteiger partial charge in [-0.1, -0.05) is 37.5 Å². The second-order valence-electron chi connectivity index (χ2n) is 12.9. The van der Waals surface area contributed by atoms with E-state index in [1.54, 1.807) is 56.9 Å². The first-order chi connectivity index (χ1) is 20.3. The molecule has 0 spiro atoms. The first-order valence-corrected chi connectivity index (χ1v) is 15.2. The van der Waals surface area contributed by atoms with Gasteiger partial charge in [-0.2, -0.15) is 0 Å². The molecular formula is C31H45N5O7. The standard InChI is InChI=1S/C31H45N5O7/c1-19(34(5)30(42)43-31(2,3)4)26(37)33-24(20-12-8-6-9-13-20)28(39)35-17-16-23-25(35)22(18-36(23)29(40)41)27(38)32-21-14-10-7-11-15-21/h7,10-11,14-15,19-20,22-25H,6,8-9,12-13,16-18H2,1-5H3,(H,32,38)(H,33,37)(H,40,41). The summed E-state index contributed by atoms with van der Waals surface area (Å²) in [6.45, 7) is 7.06. The summed E-state index contributed by atoms with van der Waals surface area (Å²) in [7, 11) is 1.48. The molecule has 4 rings (SSSR count). The minimum Gasteiger partial charge on any atom is -0.465 e. The van der Waals surface area contributed by atoms with Crippen molar-refractivity contribution in [1.29, 1.82) is 0 Å². The second kappa shape index (κ2) is 13.2. The molecule has 1 aromatic carbocycles. The number of anilines is 1. The molecule has 1 aromatic rings. The van der Waals surface area contributed by atoms with Crippen molar-refractivity contribution in [3.05, 3.63) is 30.3 Å². The number of ether oxygens (including phenoxy) is 1. The third-order valence-corrected chi connectivity index (χ3v) is 8.86. The molecule has 3 aliphatic rings. The first kappa shape index (κ1) is 32.1. The van der Waals surface area contributed by atoms with E-state index in [9.17, 15) is 29.1 Å². The summed E-state index contributed by atoms with van der Waals surface area (Å²) in [5, 5.41) is 15.8. The Morgan fingerprint density at radius 2 is 1.65 bits per heavy atom. The molecule has 5 amide bonds. The minimum absolute atomic E-state index is 0.0225. The number of hydrogen-bond acceptors (Lipinski definition) is 6. The maximum absolute atomic E-state index is 14.3. The predicted octanol–water partition coefficient (Wildman–Crippen LogP) is 3.52. The number of fused-ring (bicyclic) bond motifs is 1. The Bertz CT molecular complexity index is 1200. The molecule has 5 atom stereocenters. The summed E-state index contributed by atoms with van der Waals surface area (Å²) in [5.74, 6) is -2.03. The Labute approximate surface area is 253 Å². The molecule has 43 heavy (non-hydrogen) atoms. The third kappa shape index (κ3) is 7.40. The second-order valence-corrected chi connectivity index (χ2v) is 12.9. The van der Waals surface area contributed by atoms with Gasteiger partial charge < -0.3 is 30.3 Å². The summed E-state index contributed by atoms with van der Waals surface area (Å²) in [6.07, 6.45) is 3.05. The fourth-order valence-electron chi connectivity index (χ4n) is 6.52. The lowest BCUT2D eigenvalue weighted by atomic mass is 9.83. The van der Waals surface area contributed by atoms with Crippen LogP contribution in [0.1, 0.15) is 66.2 Å². The molecule has 1 saturated carbocycles. The number of amides is 5. The van der Waals surface area contributed by atoms with Gasteiger partial charge in [-0.3, -0.25) is 19.3 Å². The van der Waals surface area contributed by atoms with E-state index in [1.807, 2.05) is 6.07 Å². The molecular weight excluding hydrogens is 554 g/mol. The lowest BCUT2D eigenvalue weighted by molar-refractivity contribution is -0.141. The molecule has 2 aliphatic heterocycles. The zero-order valence-electron chi connectivity index (χ0n) is 25.7. The Balaban J connectivity index is 1.56. The van der Waals surface area contributed by atoms with Gasteiger partial charge >= 0.3 is 12.2 Å². The van der Waals surface area contributed by atoms with Crippen LogP contribution in [0.15, 0.2) is 30.3 Å². The number of nitrogens with zero attached hydrogens (tertiary/aromatic N) is 3. The van der Waals surface area contributed by atoms with Crippen molar-refractivity contribution in [3.63, 3.8) is 0 Å². The van der Waals surface area contributed by atoms with Gasteiger partial charge in [0.1, 0.15) is 17.7 Å². The van der Waals surface area contributed by atoms with Crippen LogP contribution >= 0.6 is 0 Å². The van der Waals surface area contributed by atoms with Crippen LogP contribution in [0.25, 0.3) is 0 Å². The van der Waals surface area contributed by atoms with Gasteiger partial charge in [0, 0.05) is 25.8 Å².